The van der Waals surface area contributed by atoms with Crippen LogP contribution in [-0.4, -0.2) is 56.6 Å². The molecule has 118 heavy (non-hydrogen) atoms. The average molecular weight is 2000 g/mol. The number of alkyl halides is 3. The third-order valence-corrected chi connectivity index (χ3v) is 29.1. The molecule has 0 saturated carbocycles. The molecule has 10 nitrogen and oxygen atoms in total. The van der Waals surface area contributed by atoms with Crippen LogP contribution in [0.3, 0.4) is 0 Å². The second-order valence-electron chi connectivity index (χ2n) is 26.8. The zero-order chi connectivity index (χ0) is 82.5. The third kappa shape index (κ3) is 18.8. The molecule has 2 atom stereocenters. The minimum Gasteiger partial charge on any atom is -0.423 e. The number of para-hydroxylation sites is 3. The van der Waals surface area contributed by atoms with Crippen molar-refractivity contribution in [1.82, 2.24) is 0 Å². The Bertz CT molecular complexity index is 7050. The Balaban J connectivity index is 0.000000125. The van der Waals surface area contributed by atoms with Crippen LogP contribution < -0.4 is 20.2 Å². The van der Waals surface area contributed by atoms with Crippen molar-refractivity contribution in [3.05, 3.63) is 357 Å². The van der Waals surface area contributed by atoms with Crippen LogP contribution in [0.1, 0.15) is 0 Å². The van der Waals surface area contributed by atoms with Crippen LogP contribution in [0, 0.1) is 3.57 Å². The van der Waals surface area contributed by atoms with Gasteiger partial charge in [-0.1, -0.05) is 187 Å². The Morgan fingerprint density at radius 3 is 1.04 bits per heavy atom. The molecule has 0 radical (unpaired) electrons. The van der Waals surface area contributed by atoms with Crippen LogP contribution in [0.2, 0.25) is 0 Å². The Morgan fingerprint density at radius 1 is 0.339 bits per heavy atom. The highest BCUT2D eigenvalue weighted by Gasteiger charge is 2.44. The summed E-state index contributed by atoms with van der Waals surface area (Å²) in [5.41, 5.74) is 6.80. The monoisotopic (exact) mass is 1990 g/mol. The van der Waals surface area contributed by atoms with Crippen LogP contribution in [-0.2, 0) is 31.7 Å². The first-order chi connectivity index (χ1) is 56.9. The van der Waals surface area contributed by atoms with E-state index in [1.54, 1.807) is 36.0 Å². The predicted octanol–water partition coefficient (Wildman–Crippen LogP) is 28.7. The fourth-order valence-corrected chi connectivity index (χ4v) is 22.5. The van der Waals surface area contributed by atoms with Crippen LogP contribution in [0.15, 0.2) is 363 Å². The van der Waals surface area contributed by atoms with Gasteiger partial charge >= 0.3 is 22.7 Å². The van der Waals surface area contributed by atoms with Crippen molar-refractivity contribution in [2.45, 2.75) is 15.3 Å². The molecule has 0 bridgehead atoms. The van der Waals surface area contributed by atoms with E-state index in [2.05, 4.69) is 340 Å². The van der Waals surface area contributed by atoms with Crippen molar-refractivity contribution in [3.63, 3.8) is 0 Å². The molecule has 0 fully saturated rings. The van der Waals surface area contributed by atoms with Crippen molar-refractivity contribution in [2.75, 3.05) is 27.2 Å². The topological polar surface area (TPSA) is 139 Å². The summed E-state index contributed by atoms with van der Waals surface area (Å²) in [5.74, 6) is 0. The van der Waals surface area contributed by atoms with Crippen molar-refractivity contribution < 1.29 is 44.6 Å². The van der Waals surface area contributed by atoms with Gasteiger partial charge in [-0.2, -0.15) is 21.6 Å². The number of nitrogens with zero attached hydrogens (tertiary/aromatic N) is 3. The molecule has 15 aromatic carbocycles. The summed E-state index contributed by atoms with van der Waals surface area (Å²) >= 11 is 20.1. The Kier molecular flexibility index (Phi) is 26.1. The highest BCUT2D eigenvalue weighted by Crippen LogP contribution is 2.47. The summed E-state index contributed by atoms with van der Waals surface area (Å²) in [6.07, 6.45) is 3.41. The largest absolute Gasteiger partial charge is 0.522 e. The van der Waals surface area contributed by atoms with E-state index >= 15 is 0 Å². The molecule has 25 heteroatoms. The number of hydrogen-bond donors (Lipinski definition) is 3. The second kappa shape index (κ2) is 36.8. The molecule has 0 amide bonds. The first kappa shape index (κ1) is 83.8. The average Bonchev–Trinajstić information content (AvgIpc) is 1.60. The quantitative estimate of drug-likeness (QED) is 0.0443. The first-order valence-corrected chi connectivity index (χ1v) is 47.6. The highest BCUT2D eigenvalue weighted by atomic mass is 127. The lowest BCUT2D eigenvalue weighted by Crippen LogP contribution is -2.29. The van der Waals surface area contributed by atoms with E-state index in [4.69, 9.17) is 13.0 Å². The Labute approximate surface area is 739 Å². The van der Waals surface area contributed by atoms with Gasteiger partial charge in [-0.25, -0.2) is 0 Å². The SMILES string of the molecule is Brc1ccc2sc3cc(N(c4ccccc4)c4ccc5sc6ccccc6c5c4)ccc3c2c1.CS(=O)c1ccc(Br)cc1-c1ccc(N(c2ccccc2)c2ccc3sc4ccccc4c3c2)cc1.CS(=O)c1ccc(Br)cc1I.O=S(=O)(O)C(F)(F)F.OB(O)c1ccc(N(c2ccccc2)c2ccc3sc4ccccc4c3c2)cc1. The molecule has 588 valence electrons. The molecule has 19 rings (SSSR count). The highest BCUT2D eigenvalue weighted by molar-refractivity contribution is 14.1. The van der Waals surface area contributed by atoms with Gasteiger partial charge in [0.05, 0.1) is 26.5 Å². The number of benzene rings is 15. The van der Waals surface area contributed by atoms with Crippen LogP contribution >= 0.6 is 116 Å². The Morgan fingerprint density at radius 2 is 0.636 bits per heavy atom. The van der Waals surface area contributed by atoms with Gasteiger partial charge in [-0.05, 0) is 239 Å². The molecule has 0 aliphatic rings. The molecular formula is C93H65BBr3F3IN3O7S7. The smallest absolute Gasteiger partial charge is 0.423 e. The van der Waals surface area contributed by atoms with Gasteiger partial charge in [0.25, 0.3) is 0 Å². The van der Waals surface area contributed by atoms with E-state index < -0.39 is 44.3 Å². The maximum Gasteiger partial charge on any atom is 0.522 e. The zero-order valence-electron chi connectivity index (χ0n) is 62.2. The van der Waals surface area contributed by atoms with Crippen molar-refractivity contribution in [1.29, 1.82) is 0 Å². The van der Waals surface area contributed by atoms with Gasteiger partial charge in [-0.3, -0.25) is 13.0 Å². The van der Waals surface area contributed by atoms with Gasteiger partial charge in [0, 0.05) is 166 Å². The molecule has 0 saturated heterocycles. The molecule has 0 aliphatic carbocycles. The number of halogens is 7. The molecule has 19 aromatic rings. The van der Waals surface area contributed by atoms with Crippen molar-refractivity contribution >= 4 is 292 Å². The van der Waals surface area contributed by atoms with Crippen LogP contribution in [0.4, 0.5) is 64.4 Å². The van der Waals surface area contributed by atoms with Crippen molar-refractivity contribution in [2.24, 2.45) is 0 Å². The van der Waals surface area contributed by atoms with Crippen LogP contribution in [0.25, 0.3) is 91.8 Å². The lowest BCUT2D eigenvalue weighted by molar-refractivity contribution is -0.0510. The maximum absolute atomic E-state index is 12.4. The summed E-state index contributed by atoms with van der Waals surface area (Å²) in [6, 6.07) is 118. The predicted molar refractivity (Wildman–Crippen MR) is 515 cm³/mol. The first-order valence-electron chi connectivity index (χ1n) is 36.3. The van der Waals surface area contributed by atoms with Crippen LogP contribution in [0.5, 0.6) is 0 Å². The standard InChI is InChI=1S/C31H22BrNOS2.C30H18BrNS2.C24H18BNO2S.C7H6BrIOS.CHF3O3S/c1-36(34)31-18-13-22(32)19-27(31)21-11-14-24(15-12-21)33(23-7-3-2-4-8-23)25-16-17-30-28(20-25)26-9-5-6-10-29(26)35-30;31-19-10-14-28-25(16-19)24-13-11-22(18-30(24)34-28)32(20-6-2-1-3-7-20)21-12-15-29-26(17-21)23-8-4-5-9-27(23)33-29;27-25(28)17-10-12-19(13-11-17)26(18-6-2-1-3-7-18)20-14-15-24-22(16-20)21-8-4-5-9-23(21)29-24;1-11(10)7-3-2-5(8)4-6(7)9;2-1(3,4)8(5,6)7/h2-20H,1H3;1-18H;1-16,27-28H;2-4H,1H3;(H,5,6,7). The molecule has 2 unspecified atom stereocenters. The maximum atomic E-state index is 12.4. The van der Waals surface area contributed by atoms with Crippen molar-refractivity contribution in [3.8, 4) is 11.1 Å². The lowest BCUT2D eigenvalue weighted by Gasteiger charge is -2.26. The van der Waals surface area contributed by atoms with E-state index in [1.165, 1.54) is 92.1 Å². The minimum absolute atomic E-state index is 0.473. The lowest BCUT2D eigenvalue weighted by atomic mass is 9.80. The van der Waals surface area contributed by atoms with E-state index in [1.807, 2.05) is 107 Å². The fraction of sp³-hybridized carbons (Fsp3) is 0.0323. The number of anilines is 9. The molecule has 3 N–H and O–H groups in total. The molecule has 4 heterocycles. The van der Waals surface area contributed by atoms with Gasteiger partial charge < -0.3 is 24.7 Å². The van der Waals surface area contributed by atoms with E-state index in [0.717, 1.165) is 77.7 Å². The number of rotatable bonds is 13. The normalized spacial score (nSPS) is 12.0. The summed E-state index contributed by atoms with van der Waals surface area (Å²) in [7, 11) is -9.26. The third-order valence-electron chi connectivity index (χ3n) is 19.2. The second-order valence-corrected chi connectivity index (χ2v) is 39.2. The van der Waals surface area contributed by atoms with Gasteiger partial charge in [0.1, 0.15) is 0 Å². The van der Waals surface area contributed by atoms with E-state index in [-0.39, 0.29) is 0 Å². The summed E-state index contributed by atoms with van der Waals surface area (Å²) in [5, 5.41) is 29.2. The Hall–Kier alpha value is -9.27. The fourth-order valence-electron chi connectivity index (χ4n) is 13.8. The van der Waals surface area contributed by atoms with E-state index in [9.17, 15) is 31.6 Å². The minimum atomic E-state index is -5.84. The van der Waals surface area contributed by atoms with Gasteiger partial charge in [0.2, 0.25) is 0 Å². The molecule has 0 spiro atoms. The number of hydrogen-bond acceptors (Lipinski definition) is 13. The van der Waals surface area contributed by atoms with Gasteiger partial charge in [-0.15, -0.1) is 45.3 Å². The molecule has 0 aliphatic heterocycles. The molecular weight excluding hydrogens is 1930 g/mol. The number of thiophene rings is 4. The summed E-state index contributed by atoms with van der Waals surface area (Å²) in [6.45, 7) is 0. The zero-order valence-corrected chi connectivity index (χ0v) is 74.9. The summed E-state index contributed by atoms with van der Waals surface area (Å²) in [4.78, 5) is 8.56. The van der Waals surface area contributed by atoms with E-state index in [0.29, 0.717) is 5.46 Å². The molecule has 4 aromatic heterocycles. The van der Waals surface area contributed by atoms with Gasteiger partial charge in [0.15, 0.2) is 0 Å². The summed E-state index contributed by atoms with van der Waals surface area (Å²) < 4.78 is 95.5. The number of fused-ring (bicyclic) bond motifs is 12.